The van der Waals surface area contributed by atoms with Gasteiger partial charge in [0.05, 0.1) is 5.41 Å². The minimum atomic E-state index is -0.893. The monoisotopic (exact) mass is 334 g/mol. The van der Waals surface area contributed by atoms with Crippen molar-refractivity contribution in [2.45, 2.75) is 34.1 Å². The number of benzene rings is 1. The van der Waals surface area contributed by atoms with Gasteiger partial charge in [0.2, 0.25) is 0 Å². The zero-order valence-corrected chi connectivity index (χ0v) is 14.8. The first kappa shape index (κ1) is 19.7. The SMILES string of the molecule is CCN(CC)C(=O)c1ccc(C(=O)NCCC(C)(C)C(=O)O)cc1. The van der Waals surface area contributed by atoms with Gasteiger partial charge in [0, 0.05) is 30.8 Å². The predicted octanol–water partition coefficient (Wildman–Crippen LogP) is 2.40. The fourth-order valence-electron chi connectivity index (χ4n) is 2.16. The lowest BCUT2D eigenvalue weighted by molar-refractivity contribution is -0.147. The van der Waals surface area contributed by atoms with E-state index in [-0.39, 0.29) is 18.4 Å². The number of hydrogen-bond donors (Lipinski definition) is 2. The van der Waals surface area contributed by atoms with Gasteiger partial charge in [-0.3, -0.25) is 14.4 Å². The predicted molar refractivity (Wildman–Crippen MR) is 92.1 cm³/mol. The van der Waals surface area contributed by atoms with Gasteiger partial charge in [-0.25, -0.2) is 0 Å². The van der Waals surface area contributed by atoms with Crippen molar-refractivity contribution >= 4 is 17.8 Å². The molecule has 24 heavy (non-hydrogen) atoms. The molecule has 0 bridgehead atoms. The fourth-order valence-corrected chi connectivity index (χ4v) is 2.16. The zero-order chi connectivity index (χ0) is 18.3. The van der Waals surface area contributed by atoms with Crippen molar-refractivity contribution in [3.8, 4) is 0 Å². The lowest BCUT2D eigenvalue weighted by Crippen LogP contribution is -2.32. The minimum Gasteiger partial charge on any atom is -0.481 e. The van der Waals surface area contributed by atoms with Crippen LogP contribution in [0.25, 0.3) is 0 Å². The lowest BCUT2D eigenvalue weighted by Gasteiger charge is -2.19. The average Bonchev–Trinajstić information content (AvgIpc) is 2.55. The lowest BCUT2D eigenvalue weighted by atomic mass is 9.90. The van der Waals surface area contributed by atoms with Crippen LogP contribution < -0.4 is 5.32 Å². The first-order chi connectivity index (χ1) is 11.2. The van der Waals surface area contributed by atoms with Crippen LogP contribution in [0.3, 0.4) is 0 Å². The maximum absolute atomic E-state index is 12.2. The van der Waals surface area contributed by atoms with E-state index in [1.54, 1.807) is 43.0 Å². The van der Waals surface area contributed by atoms with Gasteiger partial charge < -0.3 is 15.3 Å². The van der Waals surface area contributed by atoms with Crippen molar-refractivity contribution in [3.63, 3.8) is 0 Å². The number of carboxylic acid groups (broad SMARTS) is 1. The quantitative estimate of drug-likeness (QED) is 0.764. The molecule has 0 saturated carbocycles. The maximum Gasteiger partial charge on any atom is 0.309 e. The molecule has 6 nitrogen and oxygen atoms in total. The highest BCUT2D eigenvalue weighted by Gasteiger charge is 2.26. The normalized spacial score (nSPS) is 11.0. The summed E-state index contributed by atoms with van der Waals surface area (Å²) in [6, 6.07) is 6.48. The van der Waals surface area contributed by atoms with Crippen molar-refractivity contribution < 1.29 is 19.5 Å². The molecule has 2 N–H and O–H groups in total. The van der Waals surface area contributed by atoms with Crippen LogP contribution in [0.4, 0.5) is 0 Å². The number of amides is 2. The standard InChI is InChI=1S/C18H26N2O4/c1-5-20(6-2)16(22)14-9-7-13(8-10-14)15(21)19-12-11-18(3,4)17(23)24/h7-10H,5-6,11-12H2,1-4H3,(H,19,21)(H,23,24). The zero-order valence-electron chi connectivity index (χ0n) is 14.8. The Hall–Kier alpha value is -2.37. The Morgan fingerprint density at radius 3 is 2.00 bits per heavy atom. The van der Waals surface area contributed by atoms with Crippen molar-refractivity contribution in [2.24, 2.45) is 5.41 Å². The molecule has 2 amide bonds. The van der Waals surface area contributed by atoms with E-state index in [0.717, 1.165) is 0 Å². The van der Waals surface area contributed by atoms with Gasteiger partial charge in [-0.2, -0.15) is 0 Å². The second-order valence-electron chi connectivity index (χ2n) is 6.25. The molecule has 0 aromatic heterocycles. The topological polar surface area (TPSA) is 86.7 Å². The van der Waals surface area contributed by atoms with Crippen molar-refractivity contribution in [2.75, 3.05) is 19.6 Å². The third-order valence-electron chi connectivity index (χ3n) is 4.06. The molecule has 0 aliphatic carbocycles. The summed E-state index contributed by atoms with van der Waals surface area (Å²) in [5, 5.41) is 11.7. The Bertz CT molecular complexity index is 590. The summed E-state index contributed by atoms with van der Waals surface area (Å²) in [5.41, 5.74) is 0.106. The summed E-state index contributed by atoms with van der Waals surface area (Å²) in [4.78, 5) is 37.0. The van der Waals surface area contributed by atoms with Gasteiger partial charge >= 0.3 is 5.97 Å². The average molecular weight is 334 g/mol. The summed E-state index contributed by atoms with van der Waals surface area (Å²) >= 11 is 0. The molecule has 0 aliphatic heterocycles. The van der Waals surface area contributed by atoms with E-state index < -0.39 is 11.4 Å². The molecular weight excluding hydrogens is 308 g/mol. The molecule has 0 atom stereocenters. The first-order valence-corrected chi connectivity index (χ1v) is 8.13. The number of hydrogen-bond acceptors (Lipinski definition) is 3. The Morgan fingerprint density at radius 2 is 1.54 bits per heavy atom. The van der Waals surface area contributed by atoms with Crippen LogP contribution >= 0.6 is 0 Å². The molecule has 0 heterocycles. The van der Waals surface area contributed by atoms with E-state index in [1.807, 2.05) is 13.8 Å². The van der Waals surface area contributed by atoms with Crippen molar-refractivity contribution in [1.29, 1.82) is 0 Å². The molecule has 0 fully saturated rings. The van der Waals surface area contributed by atoms with E-state index in [1.165, 1.54) is 0 Å². The highest BCUT2D eigenvalue weighted by Crippen LogP contribution is 2.19. The van der Waals surface area contributed by atoms with Crippen LogP contribution in [0, 0.1) is 5.41 Å². The second-order valence-corrected chi connectivity index (χ2v) is 6.25. The second kappa shape index (κ2) is 8.47. The summed E-state index contributed by atoms with van der Waals surface area (Å²) in [5.74, 6) is -1.23. The molecule has 0 aliphatic rings. The van der Waals surface area contributed by atoms with Gasteiger partial charge in [-0.05, 0) is 58.4 Å². The van der Waals surface area contributed by atoms with Crippen LogP contribution in [0.1, 0.15) is 54.8 Å². The molecule has 0 spiro atoms. The molecule has 6 heteroatoms. The molecule has 1 rings (SSSR count). The number of nitrogens with one attached hydrogen (secondary N) is 1. The Kier molecular flexibility index (Phi) is 6.95. The Labute approximate surface area is 142 Å². The molecule has 1 aromatic carbocycles. The molecule has 0 unspecified atom stereocenters. The summed E-state index contributed by atoms with van der Waals surface area (Å²) < 4.78 is 0. The third-order valence-corrected chi connectivity index (χ3v) is 4.06. The minimum absolute atomic E-state index is 0.0600. The van der Waals surface area contributed by atoms with Crippen LogP contribution in [-0.2, 0) is 4.79 Å². The highest BCUT2D eigenvalue weighted by molar-refractivity contribution is 5.97. The van der Waals surface area contributed by atoms with Crippen LogP contribution in [0.15, 0.2) is 24.3 Å². The smallest absolute Gasteiger partial charge is 0.309 e. The van der Waals surface area contributed by atoms with Gasteiger partial charge in [-0.15, -0.1) is 0 Å². The van der Waals surface area contributed by atoms with Crippen molar-refractivity contribution in [3.05, 3.63) is 35.4 Å². The molecule has 132 valence electrons. The number of nitrogens with zero attached hydrogens (tertiary/aromatic N) is 1. The van der Waals surface area contributed by atoms with Gasteiger partial charge in [0.25, 0.3) is 11.8 Å². The Morgan fingerprint density at radius 1 is 1.04 bits per heavy atom. The summed E-state index contributed by atoms with van der Waals surface area (Å²) in [6.07, 6.45) is 0.340. The Balaban J connectivity index is 2.64. The van der Waals surface area contributed by atoms with Gasteiger partial charge in [-0.1, -0.05) is 0 Å². The van der Waals surface area contributed by atoms with Gasteiger partial charge in [0.1, 0.15) is 0 Å². The number of aliphatic carboxylic acids is 1. The van der Waals surface area contributed by atoms with Crippen LogP contribution in [0.2, 0.25) is 0 Å². The number of rotatable bonds is 8. The molecule has 0 radical (unpaired) electrons. The van der Waals surface area contributed by atoms with E-state index in [0.29, 0.717) is 30.6 Å². The van der Waals surface area contributed by atoms with Crippen molar-refractivity contribution in [1.82, 2.24) is 10.2 Å². The van der Waals surface area contributed by atoms with Crippen LogP contribution in [0.5, 0.6) is 0 Å². The summed E-state index contributed by atoms with van der Waals surface area (Å²) in [7, 11) is 0. The first-order valence-electron chi connectivity index (χ1n) is 8.13. The van der Waals surface area contributed by atoms with E-state index in [9.17, 15) is 14.4 Å². The molecule has 0 saturated heterocycles. The largest absolute Gasteiger partial charge is 0.481 e. The van der Waals surface area contributed by atoms with Gasteiger partial charge in [0.15, 0.2) is 0 Å². The molecular formula is C18H26N2O4. The molecule has 1 aromatic rings. The number of carboxylic acids is 1. The maximum atomic E-state index is 12.2. The number of carbonyl (C=O) groups excluding carboxylic acids is 2. The third kappa shape index (κ3) is 5.08. The van der Waals surface area contributed by atoms with E-state index in [2.05, 4.69) is 5.32 Å². The fraction of sp³-hybridized carbons (Fsp3) is 0.500. The van der Waals surface area contributed by atoms with E-state index >= 15 is 0 Å². The van der Waals surface area contributed by atoms with Crippen LogP contribution in [-0.4, -0.2) is 47.4 Å². The van der Waals surface area contributed by atoms with E-state index in [4.69, 9.17) is 5.11 Å². The highest BCUT2D eigenvalue weighted by atomic mass is 16.4. The number of carbonyl (C=O) groups is 3. The summed E-state index contributed by atoms with van der Waals surface area (Å²) in [6.45, 7) is 8.63.